The molecule has 2 aliphatic heterocycles. The van der Waals surface area contributed by atoms with Crippen LogP contribution in [0.4, 0.5) is 8.78 Å². The number of likely N-dealkylation sites (tertiary alicyclic amines) is 2. The molecule has 0 aliphatic carbocycles. The molecule has 0 spiro atoms. The minimum atomic E-state index is -1.55. The molecule has 0 atom stereocenters. The Morgan fingerprint density at radius 1 is 0.389 bits per heavy atom. The Balaban J connectivity index is 0.000000184. The fourth-order valence-corrected chi connectivity index (χ4v) is 11.7. The molecule has 1 N–H and O–H groups in total. The number of carboxylic acids is 1. The molecule has 16 nitrogen and oxygen atoms in total. The number of rotatable bonds is 20. The molecule has 2 aliphatic rings. The van der Waals surface area contributed by atoms with Crippen molar-refractivity contribution in [1.29, 1.82) is 0 Å². The Hall–Kier alpha value is -11.1. The zero-order valence-corrected chi connectivity index (χ0v) is 51.8. The number of carbonyl (C=O) groups is 4. The van der Waals surface area contributed by atoms with Crippen LogP contribution in [0.25, 0.3) is 67.9 Å². The van der Waals surface area contributed by atoms with Crippen LogP contribution in [0.15, 0.2) is 246 Å². The zero-order chi connectivity index (χ0) is 65.6. The van der Waals surface area contributed by atoms with Crippen molar-refractivity contribution in [3.05, 3.63) is 276 Å². The zero-order valence-electron chi connectivity index (χ0n) is 51.8. The highest BCUT2D eigenvalue weighted by Gasteiger charge is 2.51. The van der Waals surface area contributed by atoms with Crippen molar-refractivity contribution in [2.75, 3.05) is 26.2 Å². The van der Waals surface area contributed by atoms with E-state index in [2.05, 4.69) is 30.1 Å². The molecule has 0 amide bonds. The maximum Gasteiger partial charge on any atom is 0.323 e. The van der Waals surface area contributed by atoms with E-state index in [-0.39, 0.29) is 68.9 Å². The predicted octanol–water partition coefficient (Wildman–Crippen LogP) is 14.9. The van der Waals surface area contributed by atoms with Crippen LogP contribution in [-0.2, 0) is 66.3 Å². The first-order chi connectivity index (χ1) is 46.4. The molecule has 0 unspecified atom stereocenters. The van der Waals surface area contributed by atoms with Crippen molar-refractivity contribution < 1.29 is 56.3 Å². The molecule has 4 heterocycles. The summed E-state index contributed by atoms with van der Waals surface area (Å²) in [5.74, 6) is -2.45. The number of piperidine rings is 2. The average Bonchev–Trinajstić information content (AvgIpc) is 1.21. The standard InChI is InChI=1S/C42H36FN3O5.C35H30FN3O5/c43-37-26-35(20-21-36(37)33-14-8-3-9-15-33)39-44-38(45-51-39)34-18-16-30(17-19-34)27-46-24-22-42(23-25-46,40(47)49-28-31-10-4-1-5-11-31)41(48)50-29-32-12-6-2-7-13-32;36-30-21-28(15-16-29(30)26-9-5-2-6-10-26)32-37-31(38-44-32)27-13-11-24(12-14-27)22-39-19-17-35(18-20-39,33(40)41)34(42)43-23-25-7-3-1-4-8-25/h1-21,26H,22-25,27-29H2;1-16,21H,17-20,22-23H2,(H,40,41). The van der Waals surface area contributed by atoms with E-state index >= 15 is 0 Å². The molecule has 0 bridgehead atoms. The van der Waals surface area contributed by atoms with Gasteiger partial charge >= 0.3 is 23.9 Å². The van der Waals surface area contributed by atoms with E-state index in [1.54, 1.807) is 24.3 Å². The van der Waals surface area contributed by atoms with Gasteiger partial charge in [-0.3, -0.25) is 29.0 Å². The number of esters is 3. The predicted molar refractivity (Wildman–Crippen MR) is 351 cm³/mol. The molecule has 18 heteroatoms. The highest BCUT2D eigenvalue weighted by molar-refractivity contribution is 6.00. The van der Waals surface area contributed by atoms with Crippen molar-refractivity contribution >= 4 is 23.9 Å². The summed E-state index contributed by atoms with van der Waals surface area (Å²) in [6, 6.07) is 71.9. The van der Waals surface area contributed by atoms with Gasteiger partial charge in [-0.1, -0.05) is 223 Å². The largest absolute Gasteiger partial charge is 0.480 e. The lowest BCUT2D eigenvalue weighted by Gasteiger charge is -2.38. The number of carboxylic acid groups (broad SMARTS) is 1. The van der Waals surface area contributed by atoms with Gasteiger partial charge in [0.15, 0.2) is 10.8 Å². The number of aromatic nitrogens is 4. The van der Waals surface area contributed by atoms with Gasteiger partial charge < -0.3 is 28.4 Å². The topological polar surface area (TPSA) is 201 Å². The Morgan fingerprint density at radius 3 is 1.04 bits per heavy atom. The van der Waals surface area contributed by atoms with Crippen LogP contribution in [0.2, 0.25) is 0 Å². The van der Waals surface area contributed by atoms with Gasteiger partial charge in [0.2, 0.25) is 11.6 Å². The SMILES string of the molecule is O=C(O)C1(C(=O)OCc2ccccc2)CCN(Cc2ccc(-c3noc(-c4ccc(-c5ccccc5)c(F)c4)n3)cc2)CC1.O=C(OCc1ccccc1)C1(C(=O)OCc2ccccc2)CCN(Cc2ccc(-c3noc(-c4ccc(-c5ccccc5)c(F)c4)n3)cc2)CC1. The van der Waals surface area contributed by atoms with Gasteiger partial charge in [0, 0.05) is 72.6 Å². The molecule has 2 saturated heterocycles. The smallest absolute Gasteiger partial charge is 0.323 e. The van der Waals surface area contributed by atoms with Crippen molar-refractivity contribution in [2.24, 2.45) is 10.8 Å². The summed E-state index contributed by atoms with van der Waals surface area (Å²) >= 11 is 0. The average molecular weight is 1270 g/mol. The van der Waals surface area contributed by atoms with Gasteiger partial charge in [0.25, 0.3) is 11.8 Å². The number of benzene rings is 9. The molecule has 0 radical (unpaired) electrons. The second-order valence-corrected chi connectivity index (χ2v) is 23.6. The molecular formula is C77H66F2N6O10. The normalized spacial score (nSPS) is 14.4. The van der Waals surface area contributed by atoms with E-state index in [0.717, 1.165) is 50.1 Å². The first kappa shape index (κ1) is 64.0. The first-order valence-corrected chi connectivity index (χ1v) is 31.3. The number of hydrogen-bond acceptors (Lipinski definition) is 15. The second-order valence-electron chi connectivity index (χ2n) is 23.6. The second kappa shape index (κ2) is 29.7. The number of hydrogen-bond donors (Lipinski definition) is 1. The Bertz CT molecular complexity index is 4330. The first-order valence-electron chi connectivity index (χ1n) is 31.3. The third-order valence-electron chi connectivity index (χ3n) is 17.3. The summed E-state index contributed by atoms with van der Waals surface area (Å²) in [5, 5.41) is 18.2. The fraction of sp³-hybridized carbons (Fsp3) is 0.195. The number of carbonyl (C=O) groups excluding carboxylic acids is 3. The van der Waals surface area contributed by atoms with E-state index in [1.165, 1.54) is 12.1 Å². The monoisotopic (exact) mass is 1270 g/mol. The van der Waals surface area contributed by atoms with Crippen molar-refractivity contribution in [1.82, 2.24) is 30.1 Å². The lowest BCUT2D eigenvalue weighted by Crippen LogP contribution is -2.50. The molecule has 9 aromatic carbocycles. The van der Waals surface area contributed by atoms with Gasteiger partial charge in [-0.15, -0.1) is 0 Å². The summed E-state index contributed by atoms with van der Waals surface area (Å²) in [7, 11) is 0. The van der Waals surface area contributed by atoms with E-state index in [9.17, 15) is 33.1 Å². The minimum Gasteiger partial charge on any atom is -0.480 e. The van der Waals surface area contributed by atoms with Crippen LogP contribution in [0.1, 0.15) is 53.5 Å². The fourth-order valence-electron chi connectivity index (χ4n) is 11.7. The van der Waals surface area contributed by atoms with Gasteiger partial charge in [-0.25, -0.2) is 8.78 Å². The van der Waals surface area contributed by atoms with E-state index in [4.69, 9.17) is 23.3 Å². The minimum absolute atomic E-state index is 0.0457. The molecule has 95 heavy (non-hydrogen) atoms. The summed E-state index contributed by atoms with van der Waals surface area (Å²) < 4.78 is 57.6. The molecular weight excluding hydrogens is 1210 g/mol. The van der Waals surface area contributed by atoms with E-state index in [1.807, 2.05) is 200 Å². The maximum atomic E-state index is 15.0. The van der Waals surface area contributed by atoms with Crippen molar-refractivity contribution in [2.45, 2.75) is 58.6 Å². The Labute approximate surface area is 547 Å². The van der Waals surface area contributed by atoms with Gasteiger partial charge in [-0.05, 0) is 88.9 Å². The third kappa shape index (κ3) is 15.4. The molecule has 0 saturated carbocycles. The van der Waals surface area contributed by atoms with Gasteiger partial charge in [0.1, 0.15) is 31.5 Å². The lowest BCUT2D eigenvalue weighted by atomic mass is 9.78. The van der Waals surface area contributed by atoms with Crippen LogP contribution >= 0.6 is 0 Å². The van der Waals surface area contributed by atoms with Crippen molar-refractivity contribution in [3.63, 3.8) is 0 Å². The Morgan fingerprint density at radius 2 is 0.705 bits per heavy atom. The summed E-state index contributed by atoms with van der Waals surface area (Å²) in [5.41, 5.74) is 6.71. The summed E-state index contributed by atoms with van der Waals surface area (Å²) in [6.45, 7) is 3.35. The number of nitrogens with zero attached hydrogens (tertiary/aromatic N) is 6. The van der Waals surface area contributed by atoms with Crippen LogP contribution in [0, 0.1) is 22.5 Å². The van der Waals surface area contributed by atoms with E-state index in [0.29, 0.717) is 73.2 Å². The lowest BCUT2D eigenvalue weighted by molar-refractivity contribution is -0.178. The number of ether oxygens (including phenoxy) is 3. The highest BCUT2D eigenvalue weighted by atomic mass is 19.1. The Kier molecular flexibility index (Phi) is 20.0. The molecule has 13 rings (SSSR count). The quantitative estimate of drug-likeness (QED) is 0.0429. The summed E-state index contributed by atoms with van der Waals surface area (Å²) in [6.07, 6.45) is 0.912. The maximum absolute atomic E-state index is 15.0. The molecule has 478 valence electrons. The van der Waals surface area contributed by atoms with Gasteiger partial charge in [-0.2, -0.15) is 9.97 Å². The van der Waals surface area contributed by atoms with Crippen molar-refractivity contribution in [3.8, 4) is 67.9 Å². The van der Waals surface area contributed by atoms with Crippen LogP contribution in [-0.4, -0.2) is 85.2 Å². The van der Waals surface area contributed by atoms with Crippen LogP contribution in [0.5, 0.6) is 0 Å². The summed E-state index contributed by atoms with van der Waals surface area (Å²) in [4.78, 5) is 65.6. The number of halogens is 2. The molecule has 2 aromatic heterocycles. The van der Waals surface area contributed by atoms with Gasteiger partial charge in [0.05, 0.1) is 0 Å². The third-order valence-corrected chi connectivity index (χ3v) is 17.3. The van der Waals surface area contributed by atoms with Crippen LogP contribution in [0.3, 0.4) is 0 Å². The van der Waals surface area contributed by atoms with E-state index < -0.39 is 34.7 Å². The highest BCUT2D eigenvalue weighted by Crippen LogP contribution is 2.38. The molecule has 2 fully saturated rings. The number of aliphatic carboxylic acids is 1. The van der Waals surface area contributed by atoms with Crippen LogP contribution < -0.4 is 0 Å². The molecule has 11 aromatic rings.